The summed E-state index contributed by atoms with van der Waals surface area (Å²) in [6, 6.07) is 6.55. The van der Waals surface area contributed by atoms with Crippen LogP contribution in [0, 0.1) is 13.8 Å². The number of imidazole rings is 1. The predicted octanol–water partition coefficient (Wildman–Crippen LogP) is 5.83. The van der Waals surface area contributed by atoms with Gasteiger partial charge in [-0.2, -0.15) is 0 Å². The largest absolute Gasteiger partial charge is 0.491 e. The van der Waals surface area contributed by atoms with Gasteiger partial charge < -0.3 is 14.6 Å². The maximum atomic E-state index is 6.20. The molecule has 0 atom stereocenters. The average Bonchev–Trinajstić information content (AvgIpc) is 3.17. The second-order valence-electron chi connectivity index (χ2n) is 10.3. The van der Waals surface area contributed by atoms with Crippen LogP contribution in [0.5, 0.6) is 5.75 Å². The summed E-state index contributed by atoms with van der Waals surface area (Å²) in [5.74, 6) is 4.19. The lowest BCUT2D eigenvalue weighted by molar-refractivity contribution is 0.288. The molecule has 3 heterocycles. The number of nitrogens with zero attached hydrogens (tertiary/aromatic N) is 5. The van der Waals surface area contributed by atoms with Crippen molar-refractivity contribution in [3.8, 4) is 5.75 Å². The maximum Gasteiger partial charge on any atom is 0.144 e. The third kappa shape index (κ3) is 6.39. The number of nitrogens with one attached hydrogen (secondary N) is 1. The Hall–Kier alpha value is -3.19. The zero-order valence-corrected chi connectivity index (χ0v) is 23.6. The van der Waals surface area contributed by atoms with Crippen LogP contribution in [0.1, 0.15) is 80.3 Å². The second kappa shape index (κ2) is 11.9. The average molecular weight is 503 g/mol. The normalized spacial score (nSPS) is 14.2. The summed E-state index contributed by atoms with van der Waals surface area (Å²) in [4.78, 5) is 22.4. The number of hydrogen-bond donors (Lipinski definition) is 1. The molecule has 3 aromatic rings. The quantitative estimate of drug-likeness (QED) is 0.397. The van der Waals surface area contributed by atoms with Crippen LogP contribution in [-0.4, -0.2) is 51.1 Å². The van der Waals surface area contributed by atoms with Crippen LogP contribution in [-0.2, 0) is 19.5 Å². The lowest BCUT2D eigenvalue weighted by Gasteiger charge is -2.27. The standard InChI is InChI=1S/C30H42N6O/c1-8-35(9-2)19-28-32-22(6)29(20(3)4)30(34-28)36-14-15-37-27-13-11-24(16-25(27)18-36)21(5)10-12-26-17-31-23(7)33-26/h10-11,13,16-17,20H,8-9,12,14-15,18-19H2,1-7H3,(H,31,33)/b21-10+. The van der Waals surface area contributed by atoms with Crippen molar-refractivity contribution in [2.75, 3.05) is 31.1 Å². The van der Waals surface area contributed by atoms with Crippen LogP contribution in [0.2, 0.25) is 0 Å². The Balaban J connectivity index is 1.64. The summed E-state index contributed by atoms with van der Waals surface area (Å²) >= 11 is 0. The van der Waals surface area contributed by atoms with Crippen molar-refractivity contribution in [1.82, 2.24) is 24.8 Å². The molecule has 1 N–H and O–H groups in total. The minimum atomic E-state index is 0.337. The van der Waals surface area contributed by atoms with Gasteiger partial charge in [0.1, 0.15) is 29.8 Å². The molecular formula is C30H42N6O. The van der Waals surface area contributed by atoms with Gasteiger partial charge in [-0.3, -0.25) is 4.90 Å². The fourth-order valence-corrected chi connectivity index (χ4v) is 5.03. The molecule has 0 spiro atoms. The highest BCUT2D eigenvalue weighted by Crippen LogP contribution is 2.33. The SMILES string of the molecule is CCN(CC)Cc1nc(C)c(C(C)C)c(N2CCOc3ccc(/C(C)=C/Cc4cnc(C)[nH]4)cc3C2)n1. The van der Waals surface area contributed by atoms with E-state index in [1.54, 1.807) is 0 Å². The van der Waals surface area contributed by atoms with Crippen LogP contribution in [0.3, 0.4) is 0 Å². The highest BCUT2D eigenvalue weighted by atomic mass is 16.5. The Morgan fingerprint density at radius 2 is 1.97 bits per heavy atom. The Morgan fingerprint density at radius 1 is 1.19 bits per heavy atom. The van der Waals surface area contributed by atoms with E-state index in [1.807, 2.05) is 13.1 Å². The zero-order valence-electron chi connectivity index (χ0n) is 23.6. The van der Waals surface area contributed by atoms with Gasteiger partial charge in [0.05, 0.1) is 13.1 Å². The molecule has 7 nitrogen and oxygen atoms in total. The molecule has 198 valence electrons. The Labute approximate surface area is 222 Å². The molecule has 4 rings (SSSR count). The van der Waals surface area contributed by atoms with Gasteiger partial charge in [0.2, 0.25) is 0 Å². The Bertz CT molecular complexity index is 1240. The van der Waals surface area contributed by atoms with Gasteiger partial charge in [0.15, 0.2) is 0 Å². The smallest absolute Gasteiger partial charge is 0.144 e. The molecule has 2 aromatic heterocycles. The van der Waals surface area contributed by atoms with Crippen LogP contribution < -0.4 is 9.64 Å². The second-order valence-corrected chi connectivity index (χ2v) is 10.3. The summed E-state index contributed by atoms with van der Waals surface area (Å²) in [5, 5.41) is 0. The number of hydrogen-bond acceptors (Lipinski definition) is 6. The molecular weight excluding hydrogens is 460 g/mol. The number of aryl methyl sites for hydroxylation is 2. The van der Waals surface area contributed by atoms with E-state index < -0.39 is 0 Å². The van der Waals surface area contributed by atoms with E-state index in [2.05, 4.69) is 85.6 Å². The topological polar surface area (TPSA) is 70.2 Å². The van der Waals surface area contributed by atoms with Crippen molar-refractivity contribution in [2.45, 2.75) is 73.9 Å². The monoisotopic (exact) mass is 502 g/mol. The van der Waals surface area contributed by atoms with Gasteiger partial charge in [-0.25, -0.2) is 15.0 Å². The van der Waals surface area contributed by atoms with Crippen molar-refractivity contribution in [3.05, 3.63) is 70.2 Å². The first-order valence-electron chi connectivity index (χ1n) is 13.6. The number of H-pyrrole nitrogens is 1. The number of anilines is 1. The van der Waals surface area contributed by atoms with Crippen molar-refractivity contribution in [2.24, 2.45) is 0 Å². The zero-order chi connectivity index (χ0) is 26.5. The lowest BCUT2D eigenvalue weighted by Crippen LogP contribution is -2.30. The molecule has 0 fully saturated rings. The van der Waals surface area contributed by atoms with Crippen molar-refractivity contribution in [1.29, 1.82) is 0 Å². The molecule has 0 saturated carbocycles. The highest BCUT2D eigenvalue weighted by molar-refractivity contribution is 5.66. The molecule has 0 radical (unpaired) electrons. The first-order valence-corrected chi connectivity index (χ1v) is 13.6. The summed E-state index contributed by atoms with van der Waals surface area (Å²) in [6.45, 7) is 20.0. The molecule has 1 aliphatic rings. The molecule has 0 amide bonds. The number of aromatic nitrogens is 4. The van der Waals surface area contributed by atoms with Crippen molar-refractivity contribution < 1.29 is 4.74 Å². The number of benzene rings is 1. The maximum absolute atomic E-state index is 6.20. The van der Waals surface area contributed by atoms with Crippen molar-refractivity contribution in [3.63, 3.8) is 0 Å². The van der Waals surface area contributed by atoms with Gasteiger partial charge >= 0.3 is 0 Å². The highest BCUT2D eigenvalue weighted by Gasteiger charge is 2.24. The van der Waals surface area contributed by atoms with Gasteiger partial charge in [-0.1, -0.05) is 39.8 Å². The van der Waals surface area contributed by atoms with Crippen molar-refractivity contribution >= 4 is 11.4 Å². The number of ether oxygens (including phenoxy) is 1. The van der Waals surface area contributed by atoms with Crippen LogP contribution in [0.15, 0.2) is 30.5 Å². The molecule has 0 saturated heterocycles. The Kier molecular flexibility index (Phi) is 8.64. The minimum absolute atomic E-state index is 0.337. The van der Waals surface area contributed by atoms with Gasteiger partial charge in [-0.15, -0.1) is 0 Å². The summed E-state index contributed by atoms with van der Waals surface area (Å²) in [5.41, 5.74) is 7.08. The molecule has 7 heteroatoms. The number of aromatic amines is 1. The minimum Gasteiger partial charge on any atom is -0.491 e. The van der Waals surface area contributed by atoms with E-state index >= 15 is 0 Å². The first kappa shape index (κ1) is 26.9. The fraction of sp³-hybridized carbons (Fsp3) is 0.500. The van der Waals surface area contributed by atoms with Crippen LogP contribution in [0.25, 0.3) is 5.57 Å². The molecule has 0 unspecified atom stereocenters. The molecule has 0 bridgehead atoms. The van der Waals surface area contributed by atoms with E-state index in [1.165, 1.54) is 22.3 Å². The number of rotatable bonds is 9. The fourth-order valence-electron chi connectivity index (χ4n) is 5.03. The molecule has 1 aliphatic heterocycles. The lowest BCUT2D eigenvalue weighted by atomic mass is 10.00. The van der Waals surface area contributed by atoms with Crippen LogP contribution >= 0.6 is 0 Å². The van der Waals surface area contributed by atoms with E-state index in [-0.39, 0.29) is 0 Å². The number of allylic oxidation sites excluding steroid dienone is 2. The molecule has 0 aliphatic carbocycles. The van der Waals surface area contributed by atoms with Gasteiger partial charge in [0, 0.05) is 41.7 Å². The van der Waals surface area contributed by atoms with E-state index in [0.717, 1.165) is 73.7 Å². The predicted molar refractivity (Wildman–Crippen MR) is 151 cm³/mol. The van der Waals surface area contributed by atoms with E-state index in [0.29, 0.717) is 12.5 Å². The molecule has 37 heavy (non-hydrogen) atoms. The van der Waals surface area contributed by atoms with E-state index in [4.69, 9.17) is 14.7 Å². The van der Waals surface area contributed by atoms with Gasteiger partial charge in [-0.05, 0) is 63.0 Å². The summed E-state index contributed by atoms with van der Waals surface area (Å²) in [7, 11) is 0. The number of fused-ring (bicyclic) bond motifs is 1. The first-order chi connectivity index (χ1) is 17.8. The third-order valence-electron chi connectivity index (χ3n) is 7.18. The van der Waals surface area contributed by atoms with Gasteiger partial charge in [0.25, 0.3) is 0 Å². The molecule has 1 aromatic carbocycles. The Morgan fingerprint density at radius 3 is 2.65 bits per heavy atom. The third-order valence-corrected chi connectivity index (χ3v) is 7.18. The summed E-state index contributed by atoms with van der Waals surface area (Å²) < 4.78 is 6.20. The van der Waals surface area contributed by atoms with E-state index in [9.17, 15) is 0 Å². The van der Waals surface area contributed by atoms with Crippen LogP contribution in [0.4, 0.5) is 5.82 Å². The summed E-state index contributed by atoms with van der Waals surface area (Å²) in [6.07, 6.45) is 5.00.